The van der Waals surface area contributed by atoms with Crippen molar-refractivity contribution in [1.29, 1.82) is 0 Å². The molecule has 4 N–H and O–H groups in total. The summed E-state index contributed by atoms with van der Waals surface area (Å²) in [7, 11) is 0. The third-order valence-corrected chi connectivity index (χ3v) is 4.09. The number of aliphatic imine (C=N–C) groups is 1. The van der Waals surface area contributed by atoms with Crippen molar-refractivity contribution in [1.82, 2.24) is 10.6 Å². The lowest BCUT2D eigenvalue weighted by Gasteiger charge is -2.18. The molecule has 28 heavy (non-hydrogen) atoms. The first-order valence-corrected chi connectivity index (χ1v) is 9.20. The first-order valence-electron chi connectivity index (χ1n) is 9.20. The van der Waals surface area contributed by atoms with Crippen LogP contribution in [0, 0.1) is 12.7 Å². The number of guanidine groups is 1. The molecule has 0 radical (unpaired) electrons. The molecule has 6 nitrogen and oxygen atoms in total. The van der Waals surface area contributed by atoms with E-state index >= 15 is 0 Å². The van der Waals surface area contributed by atoms with Crippen LogP contribution >= 0.6 is 0 Å². The van der Waals surface area contributed by atoms with Gasteiger partial charge in [0.25, 0.3) is 5.91 Å². The fourth-order valence-electron chi connectivity index (χ4n) is 2.55. The minimum absolute atomic E-state index is 0.113. The second kappa shape index (κ2) is 10.3. The molecule has 2 rings (SSSR count). The molecule has 2 aromatic carbocycles. The lowest BCUT2D eigenvalue weighted by Crippen LogP contribution is -2.38. The van der Waals surface area contributed by atoms with Crippen molar-refractivity contribution in [2.24, 2.45) is 10.7 Å². The van der Waals surface area contributed by atoms with Crippen LogP contribution in [0.2, 0.25) is 0 Å². The minimum Gasteiger partial charge on any atom is -0.484 e. The first-order chi connectivity index (χ1) is 13.4. The summed E-state index contributed by atoms with van der Waals surface area (Å²) in [4.78, 5) is 15.4. The highest BCUT2D eigenvalue weighted by atomic mass is 19.1. The van der Waals surface area contributed by atoms with E-state index in [0.29, 0.717) is 30.4 Å². The topological polar surface area (TPSA) is 88.7 Å². The van der Waals surface area contributed by atoms with Gasteiger partial charge in [-0.1, -0.05) is 24.3 Å². The van der Waals surface area contributed by atoms with E-state index in [1.807, 2.05) is 38.1 Å². The molecule has 1 unspecified atom stereocenters. The SMILES string of the molecule is CCNC(=NCc1cccc(OCC(N)=O)c1)NC(C)c1ccc(C)c(F)c1. The van der Waals surface area contributed by atoms with Crippen molar-refractivity contribution in [3.8, 4) is 5.75 Å². The number of rotatable bonds is 8. The number of halogens is 1. The van der Waals surface area contributed by atoms with Gasteiger partial charge < -0.3 is 21.1 Å². The summed E-state index contributed by atoms with van der Waals surface area (Å²) >= 11 is 0. The van der Waals surface area contributed by atoms with E-state index in [9.17, 15) is 9.18 Å². The summed E-state index contributed by atoms with van der Waals surface area (Å²) in [5.74, 6) is 0.442. The molecule has 2 aromatic rings. The summed E-state index contributed by atoms with van der Waals surface area (Å²) in [5, 5.41) is 6.47. The molecule has 0 fully saturated rings. The molecule has 150 valence electrons. The van der Waals surface area contributed by atoms with Gasteiger partial charge in [-0.2, -0.15) is 0 Å². The van der Waals surface area contributed by atoms with Gasteiger partial charge in [-0.3, -0.25) is 4.79 Å². The number of hydrogen-bond acceptors (Lipinski definition) is 3. The number of nitrogens with one attached hydrogen (secondary N) is 2. The normalized spacial score (nSPS) is 12.4. The fourth-order valence-corrected chi connectivity index (χ4v) is 2.55. The van der Waals surface area contributed by atoms with E-state index < -0.39 is 5.91 Å². The lowest BCUT2D eigenvalue weighted by atomic mass is 10.1. The standard InChI is InChI=1S/C21H27FN4O2/c1-4-24-21(26-15(3)17-9-8-14(2)19(22)11-17)25-12-16-6-5-7-18(10-16)28-13-20(23)27/h5-11,15H,4,12-13H2,1-3H3,(H2,23,27)(H2,24,25,26). The number of hydrogen-bond donors (Lipinski definition) is 3. The van der Waals surface area contributed by atoms with E-state index in [-0.39, 0.29) is 18.5 Å². The Morgan fingerprint density at radius 1 is 1.29 bits per heavy atom. The molecule has 0 heterocycles. The van der Waals surface area contributed by atoms with Crippen LogP contribution in [0.15, 0.2) is 47.5 Å². The fraction of sp³-hybridized carbons (Fsp3) is 0.333. The van der Waals surface area contributed by atoms with Crippen LogP contribution in [-0.4, -0.2) is 25.0 Å². The number of benzene rings is 2. The van der Waals surface area contributed by atoms with Crippen molar-refractivity contribution in [3.63, 3.8) is 0 Å². The number of aryl methyl sites for hydroxylation is 1. The Kier molecular flexibility index (Phi) is 7.80. The maximum Gasteiger partial charge on any atom is 0.255 e. The molecule has 7 heteroatoms. The molecule has 0 aliphatic heterocycles. The molecule has 1 amide bonds. The first kappa shape index (κ1) is 21.2. The highest BCUT2D eigenvalue weighted by Gasteiger charge is 2.10. The van der Waals surface area contributed by atoms with Gasteiger partial charge in [0.1, 0.15) is 11.6 Å². The van der Waals surface area contributed by atoms with Crippen molar-refractivity contribution in [3.05, 3.63) is 65.0 Å². The van der Waals surface area contributed by atoms with Gasteiger partial charge in [-0.05, 0) is 55.7 Å². The van der Waals surface area contributed by atoms with E-state index in [2.05, 4.69) is 15.6 Å². The zero-order valence-corrected chi connectivity index (χ0v) is 16.5. The summed E-state index contributed by atoms with van der Waals surface area (Å²) < 4.78 is 19.1. The molecule has 0 aromatic heterocycles. The van der Waals surface area contributed by atoms with Crippen molar-refractivity contribution < 1.29 is 13.9 Å². The summed E-state index contributed by atoms with van der Waals surface area (Å²) in [6.45, 7) is 6.62. The van der Waals surface area contributed by atoms with E-state index in [1.165, 1.54) is 6.07 Å². The minimum atomic E-state index is -0.524. The second-order valence-corrected chi connectivity index (χ2v) is 6.47. The van der Waals surface area contributed by atoms with Gasteiger partial charge >= 0.3 is 0 Å². The Morgan fingerprint density at radius 3 is 2.75 bits per heavy atom. The van der Waals surface area contributed by atoms with E-state index in [0.717, 1.165) is 11.1 Å². The number of carbonyl (C=O) groups is 1. The Bertz CT molecular complexity index is 839. The highest BCUT2D eigenvalue weighted by Crippen LogP contribution is 2.17. The molecule has 0 saturated heterocycles. The Balaban J connectivity index is 2.06. The van der Waals surface area contributed by atoms with Crippen LogP contribution in [0.4, 0.5) is 4.39 Å². The zero-order chi connectivity index (χ0) is 20.5. The van der Waals surface area contributed by atoms with Gasteiger partial charge in [0, 0.05) is 6.54 Å². The third kappa shape index (κ3) is 6.57. The number of carbonyl (C=O) groups excluding carboxylic acids is 1. The molecule has 0 aliphatic carbocycles. The zero-order valence-electron chi connectivity index (χ0n) is 16.5. The predicted octanol–water partition coefficient (Wildman–Crippen LogP) is 2.81. The second-order valence-electron chi connectivity index (χ2n) is 6.47. The van der Waals surface area contributed by atoms with Gasteiger partial charge in [-0.25, -0.2) is 9.38 Å². The van der Waals surface area contributed by atoms with Gasteiger partial charge in [0.15, 0.2) is 12.6 Å². The lowest BCUT2D eigenvalue weighted by molar-refractivity contribution is -0.119. The van der Waals surface area contributed by atoms with E-state index in [1.54, 1.807) is 19.1 Å². The number of nitrogens with zero attached hydrogens (tertiary/aromatic N) is 1. The molecular weight excluding hydrogens is 359 g/mol. The highest BCUT2D eigenvalue weighted by molar-refractivity contribution is 5.80. The monoisotopic (exact) mass is 386 g/mol. The predicted molar refractivity (Wildman–Crippen MR) is 109 cm³/mol. The van der Waals surface area contributed by atoms with Crippen LogP contribution in [0.25, 0.3) is 0 Å². The Hall–Kier alpha value is -3.09. The Labute approximate surface area is 165 Å². The Morgan fingerprint density at radius 2 is 2.07 bits per heavy atom. The van der Waals surface area contributed by atoms with Gasteiger partial charge in [-0.15, -0.1) is 0 Å². The van der Waals surface area contributed by atoms with E-state index in [4.69, 9.17) is 10.5 Å². The average molecular weight is 386 g/mol. The largest absolute Gasteiger partial charge is 0.484 e. The van der Waals surface area contributed by atoms with Crippen LogP contribution in [0.1, 0.15) is 36.6 Å². The summed E-state index contributed by atoms with van der Waals surface area (Å²) in [6.07, 6.45) is 0. The molecular formula is C21H27FN4O2. The smallest absolute Gasteiger partial charge is 0.255 e. The van der Waals surface area contributed by atoms with Crippen LogP contribution in [0.3, 0.4) is 0 Å². The maximum absolute atomic E-state index is 13.8. The molecule has 0 spiro atoms. The molecule has 0 saturated carbocycles. The van der Waals surface area contributed by atoms with Crippen molar-refractivity contribution in [2.45, 2.75) is 33.4 Å². The quantitative estimate of drug-likeness (QED) is 0.481. The molecule has 0 aliphatic rings. The van der Waals surface area contributed by atoms with Crippen LogP contribution < -0.4 is 21.1 Å². The number of amides is 1. The van der Waals surface area contributed by atoms with Crippen molar-refractivity contribution >= 4 is 11.9 Å². The molecule has 0 bridgehead atoms. The number of ether oxygens (including phenoxy) is 1. The van der Waals surface area contributed by atoms with Crippen molar-refractivity contribution in [2.75, 3.05) is 13.2 Å². The van der Waals surface area contributed by atoms with Gasteiger partial charge in [0.05, 0.1) is 12.6 Å². The van der Waals surface area contributed by atoms with Gasteiger partial charge in [0.2, 0.25) is 0 Å². The van der Waals surface area contributed by atoms with Crippen LogP contribution in [0.5, 0.6) is 5.75 Å². The summed E-state index contributed by atoms with van der Waals surface area (Å²) in [6, 6.07) is 12.4. The summed E-state index contributed by atoms with van der Waals surface area (Å²) in [5.41, 5.74) is 7.48. The number of nitrogens with two attached hydrogens (primary N) is 1. The van der Waals surface area contributed by atoms with Crippen LogP contribution in [-0.2, 0) is 11.3 Å². The molecule has 1 atom stereocenters. The average Bonchev–Trinajstić information content (AvgIpc) is 2.67. The number of primary amides is 1. The third-order valence-electron chi connectivity index (χ3n) is 4.09. The maximum atomic E-state index is 13.8.